The number of rotatable bonds is 4. The van der Waals surface area contributed by atoms with Gasteiger partial charge in [-0.05, 0) is 31.5 Å². The van der Waals surface area contributed by atoms with Gasteiger partial charge in [-0.25, -0.2) is 4.79 Å². The molecule has 0 saturated heterocycles. The molecule has 1 aromatic heterocycles. The molecule has 0 saturated carbocycles. The van der Waals surface area contributed by atoms with Crippen LogP contribution < -0.4 is 5.32 Å². The van der Waals surface area contributed by atoms with E-state index in [4.69, 9.17) is 5.11 Å². The molecule has 0 radical (unpaired) electrons. The van der Waals surface area contributed by atoms with Gasteiger partial charge < -0.3 is 10.4 Å². The van der Waals surface area contributed by atoms with Crippen LogP contribution in [0.1, 0.15) is 34.6 Å². The number of aromatic carboxylic acids is 1. The first-order chi connectivity index (χ1) is 9.08. The molecule has 0 bridgehead atoms. The zero-order valence-corrected chi connectivity index (χ0v) is 10.8. The second-order valence-electron chi connectivity index (χ2n) is 4.33. The van der Waals surface area contributed by atoms with Crippen molar-refractivity contribution in [3.05, 3.63) is 53.6 Å². The van der Waals surface area contributed by atoms with Crippen molar-refractivity contribution < 1.29 is 9.90 Å². The Kier molecular flexibility index (Phi) is 3.75. The summed E-state index contributed by atoms with van der Waals surface area (Å²) < 4.78 is 0. The summed E-state index contributed by atoms with van der Waals surface area (Å²) in [6, 6.07) is 4.96. The first-order valence-electron chi connectivity index (χ1n) is 5.94. The minimum Gasteiger partial charge on any atom is -0.478 e. The molecule has 1 aromatic carbocycles. The summed E-state index contributed by atoms with van der Waals surface area (Å²) in [5.41, 5.74) is 2.85. The molecule has 2 N–H and O–H groups in total. The Hall–Kier alpha value is -2.43. The Bertz CT molecular complexity index is 584. The predicted molar refractivity (Wildman–Crippen MR) is 72.2 cm³/mol. The van der Waals surface area contributed by atoms with Gasteiger partial charge in [-0.1, -0.05) is 6.07 Å². The average Bonchev–Trinajstić information content (AvgIpc) is 2.42. The predicted octanol–water partition coefficient (Wildman–Crippen LogP) is 2.66. The maximum absolute atomic E-state index is 11.0. The lowest BCUT2D eigenvalue weighted by atomic mass is 10.1. The van der Waals surface area contributed by atoms with E-state index in [9.17, 15) is 4.79 Å². The number of nitrogens with zero attached hydrogens (tertiary/aromatic N) is 2. The summed E-state index contributed by atoms with van der Waals surface area (Å²) in [6.45, 7) is 3.88. The van der Waals surface area contributed by atoms with Gasteiger partial charge >= 0.3 is 5.97 Å². The summed E-state index contributed by atoms with van der Waals surface area (Å²) in [6.07, 6.45) is 4.94. The number of aryl methyl sites for hydroxylation is 1. The number of carboxylic acid groups (broad SMARTS) is 1. The van der Waals surface area contributed by atoms with Crippen molar-refractivity contribution in [1.82, 2.24) is 9.97 Å². The van der Waals surface area contributed by atoms with E-state index in [-0.39, 0.29) is 11.6 Å². The lowest BCUT2D eigenvalue weighted by molar-refractivity contribution is 0.0697. The lowest BCUT2D eigenvalue weighted by Crippen LogP contribution is -2.10. The number of hydrogen-bond donors (Lipinski definition) is 2. The van der Waals surface area contributed by atoms with E-state index in [2.05, 4.69) is 15.3 Å². The Morgan fingerprint density at radius 1 is 1.37 bits per heavy atom. The number of nitrogens with one attached hydrogen (secondary N) is 1. The molecule has 0 fully saturated rings. The zero-order chi connectivity index (χ0) is 13.8. The average molecular weight is 257 g/mol. The summed E-state index contributed by atoms with van der Waals surface area (Å²) in [5.74, 6) is -0.935. The minimum atomic E-state index is -0.935. The van der Waals surface area contributed by atoms with E-state index in [1.165, 1.54) is 0 Å². The summed E-state index contributed by atoms with van der Waals surface area (Å²) in [7, 11) is 0. The van der Waals surface area contributed by atoms with Crippen molar-refractivity contribution >= 4 is 11.7 Å². The molecular formula is C14H15N3O2. The monoisotopic (exact) mass is 257 g/mol. The highest BCUT2D eigenvalue weighted by Crippen LogP contribution is 2.22. The SMILES string of the molecule is Cc1ccc(C(=O)O)cc1NC(C)c1cnccn1. The Balaban J connectivity index is 2.23. The largest absolute Gasteiger partial charge is 0.478 e. The molecule has 0 amide bonds. The molecule has 1 heterocycles. The fraction of sp³-hybridized carbons (Fsp3) is 0.214. The molecule has 0 spiro atoms. The minimum absolute atomic E-state index is 0.0450. The number of aromatic nitrogens is 2. The van der Waals surface area contributed by atoms with Gasteiger partial charge in [-0.3, -0.25) is 9.97 Å². The second kappa shape index (κ2) is 5.48. The van der Waals surface area contributed by atoms with Gasteiger partial charge in [0.25, 0.3) is 0 Å². The molecule has 19 heavy (non-hydrogen) atoms. The number of carbonyl (C=O) groups is 1. The molecule has 98 valence electrons. The zero-order valence-electron chi connectivity index (χ0n) is 10.8. The van der Waals surface area contributed by atoms with Crippen LogP contribution in [0.2, 0.25) is 0 Å². The highest BCUT2D eigenvalue weighted by atomic mass is 16.4. The van der Waals surface area contributed by atoms with Gasteiger partial charge in [-0.2, -0.15) is 0 Å². The van der Waals surface area contributed by atoms with Crippen molar-refractivity contribution in [2.75, 3.05) is 5.32 Å². The molecule has 1 unspecified atom stereocenters. The summed E-state index contributed by atoms with van der Waals surface area (Å²) in [4.78, 5) is 19.2. The van der Waals surface area contributed by atoms with Gasteiger partial charge in [0.15, 0.2) is 0 Å². The van der Waals surface area contributed by atoms with Crippen LogP contribution in [0.4, 0.5) is 5.69 Å². The maximum atomic E-state index is 11.0. The van der Waals surface area contributed by atoms with E-state index in [1.807, 2.05) is 13.8 Å². The van der Waals surface area contributed by atoms with Crippen LogP contribution >= 0.6 is 0 Å². The molecule has 0 aliphatic rings. The Morgan fingerprint density at radius 3 is 2.79 bits per heavy atom. The fourth-order valence-electron chi connectivity index (χ4n) is 1.75. The fourth-order valence-corrected chi connectivity index (χ4v) is 1.75. The molecule has 2 rings (SSSR count). The normalized spacial score (nSPS) is 11.9. The van der Waals surface area contributed by atoms with E-state index in [1.54, 1.807) is 36.8 Å². The first kappa shape index (κ1) is 13.0. The van der Waals surface area contributed by atoms with Crippen molar-refractivity contribution in [2.45, 2.75) is 19.9 Å². The Morgan fingerprint density at radius 2 is 2.16 bits per heavy atom. The van der Waals surface area contributed by atoms with Gasteiger partial charge in [0.05, 0.1) is 23.5 Å². The van der Waals surface area contributed by atoms with Gasteiger partial charge in [0.2, 0.25) is 0 Å². The first-order valence-corrected chi connectivity index (χ1v) is 5.94. The van der Waals surface area contributed by atoms with Crippen molar-refractivity contribution in [1.29, 1.82) is 0 Å². The van der Waals surface area contributed by atoms with Crippen LogP contribution in [0, 0.1) is 6.92 Å². The molecule has 5 nitrogen and oxygen atoms in total. The van der Waals surface area contributed by atoms with Crippen molar-refractivity contribution in [2.24, 2.45) is 0 Å². The number of benzene rings is 1. The number of anilines is 1. The van der Waals surface area contributed by atoms with E-state index < -0.39 is 5.97 Å². The van der Waals surface area contributed by atoms with Gasteiger partial charge in [0.1, 0.15) is 0 Å². The lowest BCUT2D eigenvalue weighted by Gasteiger charge is -2.16. The molecule has 0 aliphatic heterocycles. The molecule has 0 aliphatic carbocycles. The van der Waals surface area contributed by atoms with Gasteiger partial charge in [0, 0.05) is 18.1 Å². The third kappa shape index (κ3) is 3.07. The van der Waals surface area contributed by atoms with E-state index in [0.29, 0.717) is 0 Å². The maximum Gasteiger partial charge on any atom is 0.335 e. The molecule has 5 heteroatoms. The van der Waals surface area contributed by atoms with Crippen molar-refractivity contribution in [3.63, 3.8) is 0 Å². The highest BCUT2D eigenvalue weighted by molar-refractivity contribution is 5.89. The quantitative estimate of drug-likeness (QED) is 0.880. The second-order valence-corrected chi connectivity index (χ2v) is 4.33. The van der Waals surface area contributed by atoms with Crippen LogP contribution in [0.5, 0.6) is 0 Å². The van der Waals surface area contributed by atoms with Crippen LogP contribution in [-0.2, 0) is 0 Å². The van der Waals surface area contributed by atoms with Crippen molar-refractivity contribution in [3.8, 4) is 0 Å². The van der Waals surface area contributed by atoms with Crippen LogP contribution in [0.15, 0.2) is 36.8 Å². The smallest absolute Gasteiger partial charge is 0.335 e. The van der Waals surface area contributed by atoms with E-state index >= 15 is 0 Å². The van der Waals surface area contributed by atoms with Crippen LogP contribution in [0.25, 0.3) is 0 Å². The third-order valence-electron chi connectivity index (χ3n) is 2.88. The number of hydrogen-bond acceptors (Lipinski definition) is 4. The van der Waals surface area contributed by atoms with E-state index in [0.717, 1.165) is 16.9 Å². The molecule has 1 atom stereocenters. The number of carboxylic acids is 1. The van der Waals surface area contributed by atoms with Crippen LogP contribution in [0.3, 0.4) is 0 Å². The molecule has 2 aromatic rings. The summed E-state index contributed by atoms with van der Waals surface area (Å²) >= 11 is 0. The topological polar surface area (TPSA) is 75.1 Å². The third-order valence-corrected chi connectivity index (χ3v) is 2.88. The standard InChI is InChI=1S/C14H15N3O2/c1-9-3-4-11(14(18)19)7-12(9)17-10(2)13-8-15-5-6-16-13/h3-8,10,17H,1-2H3,(H,18,19). The van der Waals surface area contributed by atoms with Gasteiger partial charge in [-0.15, -0.1) is 0 Å². The Labute approximate surface area is 111 Å². The molecular weight excluding hydrogens is 242 g/mol. The van der Waals surface area contributed by atoms with Crippen LogP contribution in [-0.4, -0.2) is 21.0 Å². The summed E-state index contributed by atoms with van der Waals surface area (Å²) in [5, 5.41) is 12.3. The highest BCUT2D eigenvalue weighted by Gasteiger charge is 2.10.